The molecule has 0 bridgehead atoms. The van der Waals surface area contributed by atoms with E-state index in [1.807, 2.05) is 54.6 Å². The van der Waals surface area contributed by atoms with Gasteiger partial charge < -0.3 is 9.84 Å². The van der Waals surface area contributed by atoms with Crippen molar-refractivity contribution < 1.29 is 9.84 Å². The van der Waals surface area contributed by atoms with Gasteiger partial charge in [-0.1, -0.05) is 105 Å². The molecule has 0 aliphatic heterocycles. The van der Waals surface area contributed by atoms with Gasteiger partial charge in [-0.3, -0.25) is 0 Å². The van der Waals surface area contributed by atoms with Crippen LogP contribution < -0.4 is 0 Å². The lowest BCUT2D eigenvalue weighted by Gasteiger charge is -2.12. The number of aromatic hydroxyl groups is 1. The molecule has 3 aromatic carbocycles. The molecule has 1 N–H and O–H groups in total. The number of hydrogen-bond acceptors (Lipinski definition) is 2. The zero-order valence-corrected chi connectivity index (χ0v) is 17.3. The van der Waals surface area contributed by atoms with Gasteiger partial charge in [0, 0.05) is 0 Å². The van der Waals surface area contributed by atoms with Crippen molar-refractivity contribution in [3.05, 3.63) is 126 Å². The maximum Gasteiger partial charge on any atom is 0.115 e. The SMILES string of the molecule is C=Cc1cccc(COCc2cccc(C=C)c2C=C)c1C=C.Oc1ccccc1. The molecular weight excluding hydrogens is 368 g/mol. The smallest absolute Gasteiger partial charge is 0.115 e. The summed E-state index contributed by atoms with van der Waals surface area (Å²) in [5.74, 6) is 0.322. The highest BCUT2D eigenvalue weighted by molar-refractivity contribution is 5.67. The Hall–Kier alpha value is -3.62. The second-order valence-electron chi connectivity index (χ2n) is 6.48. The van der Waals surface area contributed by atoms with Gasteiger partial charge in [0.15, 0.2) is 0 Å². The van der Waals surface area contributed by atoms with Gasteiger partial charge in [0.1, 0.15) is 5.75 Å². The van der Waals surface area contributed by atoms with Crippen LogP contribution in [-0.2, 0) is 18.0 Å². The molecule has 0 atom stereocenters. The van der Waals surface area contributed by atoms with Crippen LogP contribution in [0, 0.1) is 0 Å². The summed E-state index contributed by atoms with van der Waals surface area (Å²) in [5, 5.41) is 8.63. The maximum absolute atomic E-state index is 8.63. The molecule has 0 aromatic heterocycles. The second-order valence-corrected chi connectivity index (χ2v) is 6.48. The first-order valence-corrected chi connectivity index (χ1v) is 9.69. The molecule has 0 amide bonds. The minimum atomic E-state index is 0.322. The van der Waals surface area contributed by atoms with Crippen molar-refractivity contribution in [3.63, 3.8) is 0 Å². The average Bonchev–Trinajstić information content (AvgIpc) is 2.79. The first-order valence-electron chi connectivity index (χ1n) is 9.69. The van der Waals surface area contributed by atoms with Crippen molar-refractivity contribution >= 4 is 24.3 Å². The van der Waals surface area contributed by atoms with E-state index in [4.69, 9.17) is 9.84 Å². The zero-order chi connectivity index (χ0) is 21.8. The monoisotopic (exact) mass is 396 g/mol. The fourth-order valence-electron chi connectivity index (χ4n) is 3.07. The molecule has 30 heavy (non-hydrogen) atoms. The predicted molar refractivity (Wildman–Crippen MR) is 130 cm³/mol. The highest BCUT2D eigenvalue weighted by Crippen LogP contribution is 2.21. The summed E-state index contributed by atoms with van der Waals surface area (Å²) >= 11 is 0. The number of benzene rings is 3. The Morgan fingerprint density at radius 3 is 1.40 bits per heavy atom. The van der Waals surface area contributed by atoms with Gasteiger partial charge in [-0.25, -0.2) is 0 Å². The van der Waals surface area contributed by atoms with Crippen LogP contribution in [0.2, 0.25) is 0 Å². The largest absolute Gasteiger partial charge is 0.508 e. The van der Waals surface area contributed by atoms with Crippen molar-refractivity contribution in [1.82, 2.24) is 0 Å². The summed E-state index contributed by atoms with van der Waals surface area (Å²) in [4.78, 5) is 0. The van der Waals surface area contributed by atoms with E-state index in [0.717, 1.165) is 33.4 Å². The minimum Gasteiger partial charge on any atom is -0.508 e. The van der Waals surface area contributed by atoms with E-state index in [1.54, 1.807) is 24.3 Å². The molecule has 0 saturated carbocycles. The molecule has 0 aliphatic rings. The van der Waals surface area contributed by atoms with Crippen LogP contribution in [0.3, 0.4) is 0 Å². The van der Waals surface area contributed by atoms with Crippen LogP contribution in [0.25, 0.3) is 24.3 Å². The van der Waals surface area contributed by atoms with Gasteiger partial charge in [0.2, 0.25) is 0 Å². The van der Waals surface area contributed by atoms with Crippen LogP contribution in [0.1, 0.15) is 33.4 Å². The molecule has 2 heteroatoms. The van der Waals surface area contributed by atoms with E-state index in [2.05, 4.69) is 38.4 Å². The Balaban J connectivity index is 0.000000386. The van der Waals surface area contributed by atoms with Crippen molar-refractivity contribution in [2.24, 2.45) is 0 Å². The Kier molecular flexibility index (Phi) is 9.11. The fraction of sp³-hybridized carbons (Fsp3) is 0.0714. The fourth-order valence-corrected chi connectivity index (χ4v) is 3.07. The van der Waals surface area contributed by atoms with E-state index < -0.39 is 0 Å². The molecule has 3 rings (SSSR count). The number of ether oxygens (including phenoxy) is 1. The average molecular weight is 397 g/mol. The van der Waals surface area contributed by atoms with Crippen LogP contribution in [-0.4, -0.2) is 5.11 Å². The summed E-state index contributed by atoms with van der Waals surface area (Å²) in [6.45, 7) is 16.5. The van der Waals surface area contributed by atoms with Gasteiger partial charge in [-0.15, -0.1) is 0 Å². The lowest BCUT2D eigenvalue weighted by Crippen LogP contribution is -2.00. The third kappa shape index (κ3) is 6.20. The molecule has 0 heterocycles. The Labute approximate surface area is 179 Å². The number of rotatable bonds is 8. The third-order valence-electron chi connectivity index (χ3n) is 4.58. The number of para-hydroxylation sites is 1. The van der Waals surface area contributed by atoms with E-state index in [1.165, 1.54) is 0 Å². The minimum absolute atomic E-state index is 0.322. The Morgan fingerprint density at radius 1 is 0.600 bits per heavy atom. The highest BCUT2D eigenvalue weighted by Gasteiger charge is 2.06. The first-order chi connectivity index (χ1) is 14.6. The normalized spacial score (nSPS) is 9.73. The first kappa shape index (κ1) is 22.7. The van der Waals surface area contributed by atoms with Crippen molar-refractivity contribution in [3.8, 4) is 5.75 Å². The van der Waals surface area contributed by atoms with Crippen molar-refractivity contribution in [2.75, 3.05) is 0 Å². The molecule has 0 aliphatic carbocycles. The molecule has 0 unspecified atom stereocenters. The summed E-state index contributed by atoms with van der Waals surface area (Å²) in [6, 6.07) is 20.9. The van der Waals surface area contributed by atoms with Crippen LogP contribution >= 0.6 is 0 Å². The van der Waals surface area contributed by atoms with E-state index in [9.17, 15) is 0 Å². The Morgan fingerprint density at radius 2 is 1.07 bits per heavy atom. The standard InChI is InChI=1S/C22H22O.C6H6O/c1-5-17-11-9-13-19(21(17)7-3)15-23-16-20-14-10-12-18(6-2)22(20)8-4;7-6-4-2-1-3-5-6/h5-14H,1-4,15-16H2;1-5,7H. The molecule has 0 radical (unpaired) electrons. The second kappa shape index (κ2) is 12.1. The Bertz CT molecular complexity index is 937. The van der Waals surface area contributed by atoms with E-state index in [0.29, 0.717) is 19.0 Å². The van der Waals surface area contributed by atoms with Crippen molar-refractivity contribution in [2.45, 2.75) is 13.2 Å². The van der Waals surface area contributed by atoms with Gasteiger partial charge in [-0.05, 0) is 45.5 Å². The third-order valence-corrected chi connectivity index (χ3v) is 4.58. The summed E-state index contributed by atoms with van der Waals surface area (Å²) < 4.78 is 5.93. The highest BCUT2D eigenvalue weighted by atomic mass is 16.5. The van der Waals surface area contributed by atoms with Crippen LogP contribution in [0.5, 0.6) is 5.75 Å². The lowest BCUT2D eigenvalue weighted by atomic mass is 10.0. The lowest BCUT2D eigenvalue weighted by molar-refractivity contribution is 0.107. The van der Waals surface area contributed by atoms with Gasteiger partial charge in [0.25, 0.3) is 0 Å². The molecule has 2 nitrogen and oxygen atoms in total. The molecule has 0 spiro atoms. The van der Waals surface area contributed by atoms with Crippen LogP contribution in [0.15, 0.2) is 93.0 Å². The number of phenolic OH excluding ortho intramolecular Hbond substituents is 1. The molecular formula is C28H28O2. The summed E-state index contributed by atoms with van der Waals surface area (Å²) in [5.41, 5.74) is 6.51. The topological polar surface area (TPSA) is 29.5 Å². The number of hydrogen-bond donors (Lipinski definition) is 1. The van der Waals surface area contributed by atoms with Crippen LogP contribution in [0.4, 0.5) is 0 Å². The maximum atomic E-state index is 8.63. The van der Waals surface area contributed by atoms with E-state index in [-0.39, 0.29) is 0 Å². The number of phenols is 1. The van der Waals surface area contributed by atoms with Gasteiger partial charge in [0.05, 0.1) is 13.2 Å². The molecule has 0 saturated heterocycles. The summed E-state index contributed by atoms with van der Waals surface area (Å²) in [6.07, 6.45) is 7.38. The van der Waals surface area contributed by atoms with Gasteiger partial charge in [-0.2, -0.15) is 0 Å². The quantitative estimate of drug-likeness (QED) is 0.431. The molecule has 152 valence electrons. The predicted octanol–water partition coefficient (Wildman–Crippen LogP) is 7.37. The molecule has 0 fully saturated rings. The van der Waals surface area contributed by atoms with Crippen molar-refractivity contribution in [1.29, 1.82) is 0 Å². The van der Waals surface area contributed by atoms with Gasteiger partial charge >= 0.3 is 0 Å². The molecule has 3 aromatic rings. The zero-order valence-electron chi connectivity index (χ0n) is 17.3. The summed E-state index contributed by atoms with van der Waals surface area (Å²) in [7, 11) is 0. The van der Waals surface area contributed by atoms with E-state index >= 15 is 0 Å².